The summed E-state index contributed by atoms with van der Waals surface area (Å²) in [5.41, 5.74) is 17.0. The number of aromatic nitrogens is 8. The molecule has 9 rings (SSSR count). The number of phenolic OH excluding ortho intramolecular Hbond substituents is 1. The van der Waals surface area contributed by atoms with Crippen LogP contribution in [-0.4, -0.2) is 254 Å². The van der Waals surface area contributed by atoms with Gasteiger partial charge in [0.15, 0.2) is 23.3 Å². The van der Waals surface area contributed by atoms with Gasteiger partial charge in [0.25, 0.3) is 6.47 Å². The van der Waals surface area contributed by atoms with Gasteiger partial charge in [0.2, 0.25) is 41.4 Å². The molecule has 3 aromatic carbocycles. The summed E-state index contributed by atoms with van der Waals surface area (Å²) in [6.07, 6.45) is 9.28. The van der Waals surface area contributed by atoms with Crippen molar-refractivity contribution in [2.75, 3.05) is 85.6 Å². The molecule has 7 aromatic rings. The largest absolute Gasteiger partial charge is 0.508 e. The Morgan fingerprint density at radius 3 is 2.02 bits per heavy atom. The Bertz CT molecular complexity index is 4920. The lowest BCUT2D eigenvalue weighted by Crippen LogP contribution is -2.55. The Morgan fingerprint density at radius 2 is 1.34 bits per heavy atom. The van der Waals surface area contributed by atoms with Gasteiger partial charge in [-0.05, 0) is 158 Å². The lowest BCUT2D eigenvalue weighted by Gasteiger charge is -2.30. The van der Waals surface area contributed by atoms with E-state index >= 15 is 9.59 Å². The molecule has 710 valence electrons. The van der Waals surface area contributed by atoms with Crippen molar-refractivity contribution in [1.82, 2.24) is 82.3 Å². The van der Waals surface area contributed by atoms with E-state index in [2.05, 4.69) is 72.7 Å². The number of aromatic amines is 3. The maximum Gasteiger partial charge on any atom is 0.319 e. The summed E-state index contributed by atoms with van der Waals surface area (Å²) < 4.78 is 35.5. The Hall–Kier alpha value is -12.8. The van der Waals surface area contributed by atoms with Crippen molar-refractivity contribution in [1.29, 1.82) is 5.41 Å². The number of Topliss-reactive ketones (excluding diaryl/α,β-unsaturated/α-hetero) is 4. The molecule has 0 radical (unpaired) electrons. The SMILES string of the molecule is Cc1n[nH]c(C)c1CCCOc1cc(OC=O)cc(OCCCc2cn(CCOCCOCCOC(=O)CNCCCCC(NC(=O)C(CC(=O)C(CO)NC(=O)C(CC(=O)C(Cc3c[nH]cn3)NC(=O)C3CCC(=O)C3)Cc3c[nH]c4ccccc34)Cc3ccc(O)cc3)C(=O)CC(CC(C)C)C(=O)NC(CCCNC(=N)N)C(=O)N3CCCC3C(=O)NCC(N)=O)nn2)c1. The molecule has 0 spiro atoms. The highest BCUT2D eigenvalue weighted by atomic mass is 16.6. The van der Waals surface area contributed by atoms with E-state index in [-0.39, 0.29) is 147 Å². The number of nitrogens with two attached hydrogens (primary N) is 2. The first-order valence-electron chi connectivity index (χ1n) is 44.7. The van der Waals surface area contributed by atoms with Gasteiger partial charge in [-0.1, -0.05) is 49.4 Å². The third-order valence-electron chi connectivity index (χ3n) is 22.8. The highest BCUT2D eigenvalue weighted by Gasteiger charge is 2.41. The summed E-state index contributed by atoms with van der Waals surface area (Å²) >= 11 is 0. The van der Waals surface area contributed by atoms with Crippen LogP contribution in [0.25, 0.3) is 10.9 Å². The number of rotatable bonds is 62. The molecule has 1 saturated carbocycles. The van der Waals surface area contributed by atoms with Gasteiger partial charge in [-0.3, -0.25) is 72.8 Å². The van der Waals surface area contributed by atoms with Gasteiger partial charge in [0.05, 0.1) is 101 Å². The minimum atomic E-state index is -1.68. The number of phenols is 1. The minimum Gasteiger partial charge on any atom is -0.508 e. The maximum absolute atomic E-state index is 15.3. The molecule has 1 saturated heterocycles. The number of ketones is 4. The topological polar surface area (TPSA) is 585 Å². The molecule has 1 aliphatic heterocycles. The van der Waals surface area contributed by atoms with E-state index < -0.39 is 151 Å². The van der Waals surface area contributed by atoms with Crippen LogP contribution in [0.15, 0.2) is 91.6 Å². The summed E-state index contributed by atoms with van der Waals surface area (Å²) in [7, 11) is 0. The van der Waals surface area contributed by atoms with Crippen LogP contribution in [0.2, 0.25) is 0 Å². The number of nitrogens with one attached hydrogen (secondary N) is 11. The average molecular weight is 1820 g/mol. The van der Waals surface area contributed by atoms with Gasteiger partial charge in [-0.25, -0.2) is 9.67 Å². The number of hydrogen-bond donors (Lipinski definition) is 15. The molecular weight excluding hydrogens is 1700 g/mol. The average Bonchev–Trinajstić information content (AvgIpc) is 1.07. The van der Waals surface area contributed by atoms with Crippen molar-refractivity contribution in [3.05, 3.63) is 131 Å². The lowest BCUT2D eigenvalue weighted by atomic mass is 9.87. The van der Waals surface area contributed by atoms with Crippen LogP contribution in [0.4, 0.5) is 0 Å². The molecule has 5 heterocycles. The van der Waals surface area contributed by atoms with Crippen LogP contribution in [0.5, 0.6) is 23.0 Å². The second-order valence-electron chi connectivity index (χ2n) is 33.5. The van der Waals surface area contributed by atoms with Gasteiger partial charge in [0.1, 0.15) is 53.5 Å². The predicted molar refractivity (Wildman–Crippen MR) is 476 cm³/mol. The standard InChI is InChI=1S/C91H125N19O21/c1-56(2)37-61(86(121)102-76(18-9-27-97-91(93)94)90(125)110-28-10-19-79(110)89(124)99-50-83(92)118)41-80(115)75(17-7-8-26-95-51-84(119)130-36-35-127-34-33-126-32-29-109-52-65(107-108-109)13-11-30-128-69-45-70(47-71(46-69)131-55-112)129-31-12-15-72-57(3)105-106-58(72)4)101-87(122)62(38-59-20-23-67(113)24-21-59)42-82(117)78(53-111)104-88(123)63(39-64-48-98-74-16-6-5-14-73(64)74)43-81(116)77(44-66-49-96-54-100-66)103-85(120)60-22-25-68(114)40-60/h5-6,14,16,20-21,23-24,45-49,52,54-56,60-63,75-79,95,98,111,113H,7-13,15,17-19,22,25-44,50-51,53H2,1-4H3,(H2,92,118)(H,96,100)(H,99,124)(H,101,122)(H,102,121)(H,103,120)(H,104,123)(H,105,106)(H4,93,94,97). The van der Waals surface area contributed by atoms with Crippen molar-refractivity contribution in [3.63, 3.8) is 0 Å². The summed E-state index contributed by atoms with van der Waals surface area (Å²) in [6, 6.07) is 11.6. The number of likely N-dealkylation sites (tertiary alicyclic amines) is 1. The Morgan fingerprint density at radius 1 is 0.679 bits per heavy atom. The van der Waals surface area contributed by atoms with E-state index in [0.717, 1.165) is 46.4 Å². The number of fused-ring (bicyclic) bond motifs is 1. The molecule has 17 N–H and O–H groups in total. The van der Waals surface area contributed by atoms with Crippen LogP contribution >= 0.6 is 0 Å². The molecule has 4 aromatic heterocycles. The fraction of sp³-hybridized carbons (Fsp3) is 0.538. The second kappa shape index (κ2) is 53.4. The maximum atomic E-state index is 15.3. The number of ether oxygens (including phenoxy) is 6. The van der Waals surface area contributed by atoms with Crippen molar-refractivity contribution in [3.8, 4) is 23.0 Å². The molecular formula is C91H125N19O21. The number of aromatic hydroxyl groups is 1. The lowest BCUT2D eigenvalue weighted by molar-refractivity contribution is -0.144. The molecule has 2 fully saturated rings. The highest BCUT2D eigenvalue weighted by Crippen LogP contribution is 2.31. The fourth-order valence-corrected chi connectivity index (χ4v) is 15.9. The third kappa shape index (κ3) is 34.2. The number of aliphatic hydroxyl groups is 1. The summed E-state index contributed by atoms with van der Waals surface area (Å²) in [4.78, 5) is 191. The molecule has 40 nitrogen and oxygen atoms in total. The number of carbonyl (C=O) groups is 13. The van der Waals surface area contributed by atoms with Crippen LogP contribution in [0.3, 0.4) is 0 Å². The van der Waals surface area contributed by atoms with Crippen molar-refractivity contribution in [2.45, 2.75) is 199 Å². The molecule has 9 unspecified atom stereocenters. The number of imidazole rings is 1. The molecule has 40 heteroatoms. The number of aliphatic hydroxyl groups excluding tert-OH is 1. The number of guanidine groups is 1. The summed E-state index contributed by atoms with van der Waals surface area (Å²) in [5.74, 6) is -11.3. The van der Waals surface area contributed by atoms with Crippen LogP contribution in [-0.2, 0) is 115 Å². The van der Waals surface area contributed by atoms with Crippen LogP contribution < -0.4 is 62.9 Å². The number of para-hydroxylation sites is 1. The van der Waals surface area contributed by atoms with Crippen molar-refractivity contribution in [2.24, 2.45) is 41.1 Å². The van der Waals surface area contributed by atoms with Gasteiger partial charge >= 0.3 is 5.97 Å². The zero-order valence-corrected chi connectivity index (χ0v) is 74.7. The number of unbranched alkanes of at least 4 members (excludes halogenated alkanes) is 1. The van der Waals surface area contributed by atoms with Gasteiger partial charge < -0.3 is 102 Å². The Balaban J connectivity index is 0.810. The number of carbonyl (C=O) groups excluding carboxylic acids is 13. The van der Waals surface area contributed by atoms with Crippen LogP contribution in [0.1, 0.15) is 156 Å². The normalized spacial score (nSPS) is 15.3. The second-order valence-corrected chi connectivity index (χ2v) is 33.5. The number of esters is 1. The number of hydrogen-bond acceptors (Lipinski definition) is 27. The van der Waals surface area contributed by atoms with E-state index in [1.165, 1.54) is 35.5 Å². The van der Waals surface area contributed by atoms with Crippen molar-refractivity contribution < 1.29 is 101 Å². The fourth-order valence-electron chi connectivity index (χ4n) is 15.9. The monoisotopic (exact) mass is 1820 g/mol. The zero-order chi connectivity index (χ0) is 94.1. The number of aryl methyl sites for hydroxylation is 3. The van der Waals surface area contributed by atoms with Gasteiger partial charge in [-0.2, -0.15) is 5.10 Å². The molecule has 131 heavy (non-hydrogen) atoms. The number of amides is 7. The third-order valence-corrected chi connectivity index (χ3v) is 22.8. The van der Waals surface area contributed by atoms with Crippen LogP contribution in [0, 0.1) is 48.8 Å². The highest BCUT2D eigenvalue weighted by molar-refractivity contribution is 5.99. The number of H-pyrrole nitrogens is 3. The molecule has 7 amide bonds. The van der Waals surface area contributed by atoms with E-state index in [1.54, 1.807) is 41.3 Å². The molecule has 2 aliphatic rings. The van der Waals surface area contributed by atoms with E-state index in [0.29, 0.717) is 99.0 Å². The molecule has 9 atom stereocenters. The predicted octanol–water partition coefficient (Wildman–Crippen LogP) is 3.08. The first-order valence-corrected chi connectivity index (χ1v) is 44.7. The number of benzene rings is 3. The van der Waals surface area contributed by atoms with E-state index in [4.69, 9.17) is 45.3 Å². The first kappa shape index (κ1) is 102. The first-order chi connectivity index (χ1) is 63.1. The molecule has 1 aliphatic carbocycles. The summed E-state index contributed by atoms with van der Waals surface area (Å²) in [6.45, 7) is 8.78. The quantitative estimate of drug-likeness (QED) is 0.00856. The summed E-state index contributed by atoms with van der Waals surface area (Å²) in [5, 5.41) is 65.0. The minimum absolute atomic E-state index is 0.00449. The number of primary amides is 1. The van der Waals surface area contributed by atoms with Gasteiger partial charge in [-0.15, -0.1) is 5.10 Å². The number of nitrogens with zero attached hydrogens (tertiary/aromatic N) is 6. The smallest absolute Gasteiger partial charge is 0.319 e. The Labute approximate surface area is 759 Å². The Kier molecular flexibility index (Phi) is 41.5. The molecule has 0 bridgehead atoms. The van der Waals surface area contributed by atoms with Gasteiger partial charge in [0, 0.05) is 129 Å². The van der Waals surface area contributed by atoms with Crippen molar-refractivity contribution >= 4 is 93.8 Å². The van der Waals surface area contributed by atoms with E-state index in [1.807, 2.05) is 52.1 Å². The zero-order valence-electron chi connectivity index (χ0n) is 74.7. The van der Waals surface area contributed by atoms with E-state index in [9.17, 15) is 63.0 Å².